The Labute approximate surface area is 111 Å². The smallest absolute Gasteiger partial charge is 0.137 e. The largest absolute Gasteiger partial charge is 0.303 e. The minimum atomic E-state index is 0.746. The van der Waals surface area contributed by atoms with Crippen molar-refractivity contribution in [2.45, 2.75) is 13.8 Å². The van der Waals surface area contributed by atoms with Crippen molar-refractivity contribution in [1.82, 2.24) is 9.38 Å². The first-order chi connectivity index (χ1) is 8.65. The minimum absolute atomic E-state index is 0.746. The zero-order valence-electron chi connectivity index (χ0n) is 10.3. The first-order valence-corrected chi connectivity index (χ1v) is 6.24. The van der Waals surface area contributed by atoms with Gasteiger partial charge in [-0.15, -0.1) is 0 Å². The Balaban J connectivity index is 2.23. The van der Waals surface area contributed by atoms with Crippen molar-refractivity contribution in [3.63, 3.8) is 0 Å². The van der Waals surface area contributed by atoms with Crippen LogP contribution in [0.5, 0.6) is 0 Å². The maximum absolute atomic E-state index is 5.91. The fraction of sp³-hybridized carbons (Fsp3) is 0.133. The predicted octanol–water partition coefficient (Wildman–Crippen LogP) is 4.27. The Bertz CT molecular complexity index is 711. The van der Waals surface area contributed by atoms with Gasteiger partial charge in [-0.1, -0.05) is 29.8 Å². The second kappa shape index (κ2) is 4.14. The van der Waals surface area contributed by atoms with Crippen molar-refractivity contribution in [1.29, 1.82) is 0 Å². The summed E-state index contributed by atoms with van der Waals surface area (Å²) in [6.45, 7) is 4.17. The Kier molecular flexibility index (Phi) is 2.60. The lowest BCUT2D eigenvalue weighted by Crippen LogP contribution is -1.88. The third-order valence-corrected chi connectivity index (χ3v) is 3.37. The molecule has 18 heavy (non-hydrogen) atoms. The normalized spacial score (nSPS) is 11.1. The van der Waals surface area contributed by atoms with E-state index in [1.165, 1.54) is 5.56 Å². The lowest BCUT2D eigenvalue weighted by atomic mass is 10.1. The molecule has 0 aliphatic carbocycles. The zero-order chi connectivity index (χ0) is 12.7. The van der Waals surface area contributed by atoms with Crippen molar-refractivity contribution >= 4 is 17.2 Å². The number of aromatic nitrogens is 2. The highest BCUT2D eigenvalue weighted by atomic mass is 35.5. The van der Waals surface area contributed by atoms with Crippen LogP contribution in [-0.2, 0) is 0 Å². The molecule has 3 rings (SSSR count). The maximum atomic E-state index is 5.91. The van der Waals surface area contributed by atoms with Crippen molar-refractivity contribution in [2.24, 2.45) is 0 Å². The van der Waals surface area contributed by atoms with E-state index in [1.54, 1.807) is 0 Å². The van der Waals surface area contributed by atoms with Crippen molar-refractivity contribution in [3.05, 3.63) is 58.9 Å². The van der Waals surface area contributed by atoms with Crippen molar-refractivity contribution < 1.29 is 0 Å². The highest BCUT2D eigenvalue weighted by molar-refractivity contribution is 6.30. The van der Waals surface area contributed by atoms with Gasteiger partial charge in [-0.3, -0.25) is 0 Å². The third kappa shape index (κ3) is 1.79. The molecule has 0 radical (unpaired) electrons. The van der Waals surface area contributed by atoms with E-state index in [2.05, 4.69) is 35.5 Å². The predicted molar refractivity (Wildman–Crippen MR) is 75.1 cm³/mol. The molecule has 1 aromatic carbocycles. The third-order valence-electron chi connectivity index (χ3n) is 3.12. The van der Waals surface area contributed by atoms with E-state index in [9.17, 15) is 0 Å². The molecule has 0 N–H and O–H groups in total. The van der Waals surface area contributed by atoms with Gasteiger partial charge in [0.2, 0.25) is 0 Å². The Hall–Kier alpha value is -1.80. The van der Waals surface area contributed by atoms with E-state index in [0.717, 1.165) is 27.6 Å². The molecule has 2 aromatic heterocycles. The molecule has 0 saturated heterocycles. The number of halogens is 1. The zero-order valence-corrected chi connectivity index (χ0v) is 11.1. The second-order valence-electron chi connectivity index (χ2n) is 4.49. The average molecular weight is 257 g/mol. The van der Waals surface area contributed by atoms with Crippen LogP contribution in [0.15, 0.2) is 42.6 Å². The summed E-state index contributed by atoms with van der Waals surface area (Å²) in [5.74, 6) is 0. The molecule has 0 amide bonds. The standard InChI is InChI=1S/C15H13ClN2/c1-10-3-8-14-17-15(11(2)18(14)9-10)12-4-6-13(16)7-5-12/h3-9H,1-2H3. The Morgan fingerprint density at radius 2 is 1.72 bits per heavy atom. The van der Waals surface area contributed by atoms with Crippen LogP contribution < -0.4 is 0 Å². The number of imidazole rings is 1. The molecule has 0 spiro atoms. The quantitative estimate of drug-likeness (QED) is 0.636. The highest BCUT2D eigenvalue weighted by Gasteiger charge is 2.09. The molecule has 0 atom stereocenters. The van der Waals surface area contributed by atoms with E-state index in [0.29, 0.717) is 0 Å². The van der Waals surface area contributed by atoms with Crippen molar-refractivity contribution in [3.8, 4) is 11.3 Å². The van der Waals surface area contributed by atoms with Crippen LogP contribution in [0.3, 0.4) is 0 Å². The summed E-state index contributed by atoms with van der Waals surface area (Å²) in [4.78, 5) is 4.67. The van der Waals surface area contributed by atoms with Gasteiger partial charge in [0.15, 0.2) is 0 Å². The van der Waals surface area contributed by atoms with Crippen molar-refractivity contribution in [2.75, 3.05) is 0 Å². The molecule has 3 aromatic rings. The van der Waals surface area contributed by atoms with Gasteiger partial charge in [0.1, 0.15) is 5.65 Å². The summed E-state index contributed by atoms with van der Waals surface area (Å²) in [5, 5.41) is 0.746. The summed E-state index contributed by atoms with van der Waals surface area (Å²) in [5.41, 5.74) is 5.46. The number of fused-ring (bicyclic) bond motifs is 1. The van der Waals surface area contributed by atoms with Crippen LogP contribution in [0.4, 0.5) is 0 Å². The molecule has 0 fully saturated rings. The van der Waals surface area contributed by atoms with Crippen LogP contribution >= 0.6 is 11.6 Å². The van der Waals surface area contributed by atoms with Crippen LogP contribution in [-0.4, -0.2) is 9.38 Å². The first-order valence-electron chi connectivity index (χ1n) is 5.86. The number of hydrogen-bond donors (Lipinski definition) is 0. The summed E-state index contributed by atoms with van der Waals surface area (Å²) in [6.07, 6.45) is 2.11. The summed E-state index contributed by atoms with van der Waals surface area (Å²) in [6, 6.07) is 11.9. The lowest BCUT2D eigenvalue weighted by molar-refractivity contribution is 1.09. The Morgan fingerprint density at radius 3 is 2.44 bits per heavy atom. The van der Waals surface area contributed by atoms with E-state index in [1.807, 2.05) is 30.3 Å². The van der Waals surface area contributed by atoms with E-state index in [4.69, 9.17) is 11.6 Å². The number of benzene rings is 1. The average Bonchev–Trinajstić information content (AvgIpc) is 2.68. The number of aryl methyl sites for hydroxylation is 2. The molecule has 90 valence electrons. The molecule has 0 unspecified atom stereocenters. The molecule has 0 aliphatic rings. The number of pyridine rings is 1. The minimum Gasteiger partial charge on any atom is -0.303 e. The maximum Gasteiger partial charge on any atom is 0.137 e. The highest BCUT2D eigenvalue weighted by Crippen LogP contribution is 2.25. The van der Waals surface area contributed by atoms with Crippen LogP contribution in [0.1, 0.15) is 11.3 Å². The van der Waals surface area contributed by atoms with E-state index >= 15 is 0 Å². The Morgan fingerprint density at radius 1 is 1.00 bits per heavy atom. The SMILES string of the molecule is Cc1ccc2nc(-c3ccc(Cl)cc3)c(C)n2c1. The number of rotatable bonds is 1. The molecular weight excluding hydrogens is 244 g/mol. The van der Waals surface area contributed by atoms with E-state index < -0.39 is 0 Å². The second-order valence-corrected chi connectivity index (χ2v) is 4.92. The molecular formula is C15H13ClN2. The summed E-state index contributed by atoms with van der Waals surface area (Å²) in [7, 11) is 0. The summed E-state index contributed by atoms with van der Waals surface area (Å²) < 4.78 is 2.12. The van der Waals surface area contributed by atoms with Gasteiger partial charge in [-0.2, -0.15) is 0 Å². The first kappa shape index (κ1) is 11.3. The lowest BCUT2D eigenvalue weighted by Gasteiger charge is -2.00. The van der Waals surface area contributed by atoms with Gasteiger partial charge >= 0.3 is 0 Å². The number of nitrogens with zero attached hydrogens (tertiary/aromatic N) is 2. The van der Waals surface area contributed by atoms with Gasteiger partial charge in [-0.05, 0) is 37.6 Å². The van der Waals surface area contributed by atoms with E-state index in [-0.39, 0.29) is 0 Å². The van der Waals surface area contributed by atoms with Gasteiger partial charge in [0.05, 0.1) is 5.69 Å². The number of hydrogen-bond acceptors (Lipinski definition) is 1. The summed E-state index contributed by atoms with van der Waals surface area (Å²) >= 11 is 5.91. The monoisotopic (exact) mass is 256 g/mol. The van der Waals surface area contributed by atoms with Gasteiger partial charge in [0.25, 0.3) is 0 Å². The van der Waals surface area contributed by atoms with Crippen LogP contribution in [0.2, 0.25) is 5.02 Å². The molecule has 0 saturated carbocycles. The topological polar surface area (TPSA) is 17.3 Å². The molecule has 0 aliphatic heterocycles. The van der Waals surface area contributed by atoms with Gasteiger partial charge in [-0.25, -0.2) is 4.98 Å². The molecule has 0 bridgehead atoms. The van der Waals surface area contributed by atoms with Gasteiger partial charge < -0.3 is 4.40 Å². The van der Waals surface area contributed by atoms with Crippen LogP contribution in [0.25, 0.3) is 16.9 Å². The molecule has 2 nitrogen and oxygen atoms in total. The fourth-order valence-electron chi connectivity index (χ4n) is 2.15. The molecule has 3 heteroatoms. The fourth-order valence-corrected chi connectivity index (χ4v) is 2.28. The van der Waals surface area contributed by atoms with Crippen LogP contribution in [0, 0.1) is 13.8 Å². The molecule has 2 heterocycles. The van der Waals surface area contributed by atoms with Gasteiger partial charge in [0, 0.05) is 22.5 Å².